The fraction of sp³-hybridized carbons (Fsp3) is 0.190. The normalized spacial score (nSPS) is 15.6. The van der Waals surface area contributed by atoms with Gasteiger partial charge in [-0.05, 0) is 36.8 Å². The maximum atomic E-state index is 13.0. The van der Waals surface area contributed by atoms with Crippen LogP contribution in [0.2, 0.25) is 5.02 Å². The summed E-state index contributed by atoms with van der Waals surface area (Å²) in [6, 6.07) is 10.6. The number of anilines is 1. The number of benzene rings is 2. The SMILES string of the molecule is COc1cc([C@H]2NC(=O)NC(C)=C2C(=O)Nc2ccccc2)cc(Cl)c1OCC(=O)O. The van der Waals surface area contributed by atoms with Gasteiger partial charge in [0.25, 0.3) is 5.91 Å². The van der Waals surface area contributed by atoms with Crippen LogP contribution in [0.4, 0.5) is 10.5 Å². The minimum absolute atomic E-state index is 0.0477. The van der Waals surface area contributed by atoms with E-state index in [0.29, 0.717) is 16.9 Å². The van der Waals surface area contributed by atoms with Crippen LogP contribution in [0, 0.1) is 0 Å². The van der Waals surface area contributed by atoms with Crippen molar-refractivity contribution in [1.82, 2.24) is 10.6 Å². The molecule has 0 fully saturated rings. The maximum Gasteiger partial charge on any atom is 0.341 e. The molecule has 0 radical (unpaired) electrons. The first-order valence-corrected chi connectivity index (χ1v) is 9.54. The van der Waals surface area contributed by atoms with Gasteiger partial charge in [0, 0.05) is 11.4 Å². The summed E-state index contributed by atoms with van der Waals surface area (Å²) in [5.41, 5.74) is 1.71. The van der Waals surface area contributed by atoms with E-state index >= 15 is 0 Å². The molecule has 0 aromatic heterocycles. The highest BCUT2D eigenvalue weighted by Gasteiger charge is 2.32. The van der Waals surface area contributed by atoms with Crippen LogP contribution in [0.25, 0.3) is 0 Å². The van der Waals surface area contributed by atoms with Gasteiger partial charge in [0.05, 0.1) is 23.7 Å². The van der Waals surface area contributed by atoms with Crippen LogP contribution >= 0.6 is 11.6 Å². The van der Waals surface area contributed by atoms with Gasteiger partial charge >= 0.3 is 12.0 Å². The van der Waals surface area contributed by atoms with Crippen molar-refractivity contribution < 1.29 is 29.0 Å². The molecular formula is C21H20ClN3O6. The van der Waals surface area contributed by atoms with E-state index in [1.807, 2.05) is 6.07 Å². The molecule has 10 heteroatoms. The molecular weight excluding hydrogens is 426 g/mol. The summed E-state index contributed by atoms with van der Waals surface area (Å²) >= 11 is 6.30. The molecule has 0 saturated heterocycles. The maximum absolute atomic E-state index is 13.0. The van der Waals surface area contributed by atoms with E-state index in [-0.39, 0.29) is 22.1 Å². The predicted molar refractivity (Wildman–Crippen MR) is 113 cm³/mol. The Bertz CT molecular complexity index is 1050. The van der Waals surface area contributed by atoms with Gasteiger partial charge in [-0.25, -0.2) is 9.59 Å². The number of rotatable bonds is 7. The Kier molecular flexibility index (Phi) is 6.66. The van der Waals surface area contributed by atoms with E-state index in [1.165, 1.54) is 19.2 Å². The first kappa shape index (κ1) is 22.0. The van der Waals surface area contributed by atoms with E-state index in [1.54, 1.807) is 31.2 Å². The highest BCUT2D eigenvalue weighted by molar-refractivity contribution is 6.32. The Morgan fingerprint density at radius 3 is 2.58 bits per heavy atom. The van der Waals surface area contributed by atoms with Crippen LogP contribution in [0.1, 0.15) is 18.5 Å². The number of allylic oxidation sites excluding steroid dienone is 1. The van der Waals surface area contributed by atoms with Gasteiger partial charge in [-0.1, -0.05) is 29.8 Å². The second-order valence-electron chi connectivity index (χ2n) is 6.61. The van der Waals surface area contributed by atoms with Crippen LogP contribution in [-0.2, 0) is 9.59 Å². The third-order valence-corrected chi connectivity index (χ3v) is 4.75. The molecule has 1 aliphatic rings. The molecule has 31 heavy (non-hydrogen) atoms. The van der Waals surface area contributed by atoms with Crippen molar-refractivity contribution in [2.24, 2.45) is 0 Å². The number of para-hydroxylation sites is 1. The number of amides is 3. The Hall–Kier alpha value is -3.72. The van der Waals surface area contributed by atoms with Gasteiger partial charge in [0.1, 0.15) is 0 Å². The quantitative estimate of drug-likeness (QED) is 0.519. The van der Waals surface area contributed by atoms with E-state index in [2.05, 4.69) is 16.0 Å². The van der Waals surface area contributed by atoms with Crippen molar-refractivity contribution >= 4 is 35.2 Å². The zero-order chi connectivity index (χ0) is 22.5. The molecule has 0 saturated carbocycles. The Labute approximate surface area is 183 Å². The fourth-order valence-electron chi connectivity index (χ4n) is 3.15. The lowest BCUT2D eigenvalue weighted by Crippen LogP contribution is -2.46. The molecule has 0 spiro atoms. The Balaban J connectivity index is 1.99. The zero-order valence-electron chi connectivity index (χ0n) is 16.7. The van der Waals surface area contributed by atoms with Gasteiger partial charge in [0.15, 0.2) is 18.1 Å². The number of hydrogen-bond donors (Lipinski definition) is 4. The minimum atomic E-state index is -1.17. The number of carbonyl (C=O) groups is 3. The summed E-state index contributed by atoms with van der Waals surface area (Å²) in [5.74, 6) is -1.38. The van der Waals surface area contributed by atoms with Crippen molar-refractivity contribution in [1.29, 1.82) is 0 Å². The highest BCUT2D eigenvalue weighted by Crippen LogP contribution is 2.40. The predicted octanol–water partition coefficient (Wildman–Crippen LogP) is 3.08. The topological polar surface area (TPSA) is 126 Å². The molecule has 1 aliphatic heterocycles. The van der Waals surface area contributed by atoms with Crippen LogP contribution in [-0.4, -0.2) is 36.7 Å². The number of carboxylic acids is 1. The number of urea groups is 1. The summed E-state index contributed by atoms with van der Waals surface area (Å²) in [6.45, 7) is 1.01. The summed E-state index contributed by atoms with van der Waals surface area (Å²) in [5, 5.41) is 17.0. The highest BCUT2D eigenvalue weighted by atomic mass is 35.5. The Morgan fingerprint density at radius 2 is 1.94 bits per heavy atom. The van der Waals surface area contributed by atoms with E-state index in [4.69, 9.17) is 26.2 Å². The van der Waals surface area contributed by atoms with Crippen LogP contribution in [0.5, 0.6) is 11.5 Å². The summed E-state index contributed by atoms with van der Waals surface area (Å²) in [6.07, 6.45) is 0. The molecule has 1 atom stereocenters. The van der Waals surface area contributed by atoms with Gasteiger partial charge in [-0.3, -0.25) is 4.79 Å². The summed E-state index contributed by atoms with van der Waals surface area (Å²) in [7, 11) is 1.37. The van der Waals surface area contributed by atoms with Gasteiger partial charge in [-0.2, -0.15) is 0 Å². The van der Waals surface area contributed by atoms with Crippen molar-refractivity contribution in [2.75, 3.05) is 19.0 Å². The van der Waals surface area contributed by atoms with Crippen molar-refractivity contribution in [3.8, 4) is 11.5 Å². The number of aliphatic carboxylic acids is 1. The number of halogens is 1. The second kappa shape index (κ2) is 9.40. The third kappa shape index (κ3) is 5.07. The molecule has 0 bridgehead atoms. The number of nitrogens with one attached hydrogen (secondary N) is 3. The average molecular weight is 446 g/mol. The van der Waals surface area contributed by atoms with Crippen LogP contribution < -0.4 is 25.4 Å². The minimum Gasteiger partial charge on any atom is -0.493 e. The molecule has 9 nitrogen and oxygen atoms in total. The molecule has 0 aliphatic carbocycles. The van der Waals surface area contributed by atoms with Crippen LogP contribution in [0.15, 0.2) is 53.7 Å². The third-order valence-electron chi connectivity index (χ3n) is 4.47. The molecule has 162 valence electrons. The molecule has 2 aromatic rings. The molecule has 2 aromatic carbocycles. The molecule has 4 N–H and O–H groups in total. The van der Waals surface area contributed by atoms with E-state index in [9.17, 15) is 14.4 Å². The lowest BCUT2D eigenvalue weighted by atomic mass is 9.94. The first-order valence-electron chi connectivity index (χ1n) is 9.17. The summed E-state index contributed by atoms with van der Waals surface area (Å²) < 4.78 is 10.5. The van der Waals surface area contributed by atoms with Crippen molar-refractivity contribution in [3.63, 3.8) is 0 Å². The largest absolute Gasteiger partial charge is 0.493 e. The zero-order valence-corrected chi connectivity index (χ0v) is 17.4. The lowest BCUT2D eigenvalue weighted by Gasteiger charge is -2.29. The smallest absolute Gasteiger partial charge is 0.341 e. The monoisotopic (exact) mass is 445 g/mol. The van der Waals surface area contributed by atoms with Crippen LogP contribution in [0.3, 0.4) is 0 Å². The second-order valence-corrected chi connectivity index (χ2v) is 7.01. The first-order chi connectivity index (χ1) is 14.8. The lowest BCUT2D eigenvalue weighted by molar-refractivity contribution is -0.139. The number of methoxy groups -OCH3 is 1. The number of ether oxygens (including phenoxy) is 2. The fourth-order valence-corrected chi connectivity index (χ4v) is 3.42. The standard InChI is InChI=1S/C21H20ClN3O6/c1-11-17(20(28)24-13-6-4-3-5-7-13)18(25-21(29)23-11)12-8-14(22)19(15(9-12)30-2)31-10-16(26)27/h3-9,18H,10H2,1-2H3,(H,24,28)(H,26,27)(H2,23,25,29)/t18-/m1/s1. The van der Waals surface area contributed by atoms with Crippen molar-refractivity contribution in [3.05, 3.63) is 64.3 Å². The van der Waals surface area contributed by atoms with Gasteiger partial charge in [0.2, 0.25) is 0 Å². The molecule has 3 amide bonds. The number of carbonyl (C=O) groups excluding carboxylic acids is 2. The van der Waals surface area contributed by atoms with E-state index in [0.717, 1.165) is 0 Å². The number of hydrogen-bond acceptors (Lipinski definition) is 5. The number of carboxylic acid groups (broad SMARTS) is 1. The molecule has 1 heterocycles. The molecule has 3 rings (SSSR count). The van der Waals surface area contributed by atoms with Crippen molar-refractivity contribution in [2.45, 2.75) is 13.0 Å². The van der Waals surface area contributed by atoms with Gasteiger partial charge < -0.3 is 30.5 Å². The Morgan fingerprint density at radius 1 is 1.23 bits per heavy atom. The van der Waals surface area contributed by atoms with E-state index < -0.39 is 30.6 Å². The summed E-state index contributed by atoms with van der Waals surface area (Å²) in [4.78, 5) is 36.0. The average Bonchev–Trinajstić information content (AvgIpc) is 2.72. The van der Waals surface area contributed by atoms with Gasteiger partial charge in [-0.15, -0.1) is 0 Å². The molecule has 0 unspecified atom stereocenters.